The van der Waals surface area contributed by atoms with Crippen molar-refractivity contribution in [3.8, 4) is 0 Å². The second-order valence-corrected chi connectivity index (χ2v) is 5.20. The maximum absolute atomic E-state index is 5.73. The number of aromatic nitrogens is 2. The molecule has 1 aliphatic rings. The second kappa shape index (κ2) is 6.23. The molecule has 17 heavy (non-hydrogen) atoms. The van der Waals surface area contributed by atoms with E-state index in [4.69, 9.17) is 5.84 Å². The average molecular weight is 252 g/mol. The van der Waals surface area contributed by atoms with Gasteiger partial charge in [0.15, 0.2) is 0 Å². The summed E-state index contributed by atoms with van der Waals surface area (Å²) in [4.78, 5) is 1.18. The van der Waals surface area contributed by atoms with Gasteiger partial charge in [0.05, 0.1) is 16.6 Å². The molecular formula is C12H20N4S. The van der Waals surface area contributed by atoms with Crippen molar-refractivity contribution < 1.29 is 0 Å². The van der Waals surface area contributed by atoms with Crippen LogP contribution in [0.4, 0.5) is 0 Å². The summed E-state index contributed by atoms with van der Waals surface area (Å²) in [7, 11) is 0. The maximum Gasteiger partial charge on any atom is 0.0804 e. The van der Waals surface area contributed by atoms with Crippen LogP contribution in [0.5, 0.6) is 0 Å². The quantitative estimate of drug-likeness (QED) is 0.491. The van der Waals surface area contributed by atoms with Crippen LogP contribution in [0.15, 0.2) is 11.6 Å². The SMILES string of the molecule is CCc1nnsc1C(NN)C1=CCCCCC1. The molecule has 1 aromatic rings. The van der Waals surface area contributed by atoms with Gasteiger partial charge in [-0.2, -0.15) is 0 Å². The Bertz CT molecular complexity index is 386. The highest BCUT2D eigenvalue weighted by Gasteiger charge is 2.21. The van der Waals surface area contributed by atoms with E-state index in [-0.39, 0.29) is 6.04 Å². The van der Waals surface area contributed by atoms with Crippen molar-refractivity contribution in [3.05, 3.63) is 22.2 Å². The molecule has 1 aliphatic carbocycles. The van der Waals surface area contributed by atoms with Crippen LogP contribution in [0.3, 0.4) is 0 Å². The van der Waals surface area contributed by atoms with Gasteiger partial charge in [0, 0.05) is 0 Å². The van der Waals surface area contributed by atoms with Gasteiger partial charge in [0.25, 0.3) is 0 Å². The number of nitrogens with zero attached hydrogens (tertiary/aromatic N) is 2. The molecule has 94 valence electrons. The van der Waals surface area contributed by atoms with Crippen LogP contribution in [0.1, 0.15) is 55.6 Å². The summed E-state index contributed by atoms with van der Waals surface area (Å²) >= 11 is 1.46. The van der Waals surface area contributed by atoms with Crippen molar-refractivity contribution >= 4 is 11.5 Å². The molecule has 4 nitrogen and oxygen atoms in total. The third kappa shape index (κ3) is 2.91. The summed E-state index contributed by atoms with van der Waals surface area (Å²) in [6, 6.07) is 0.114. The Morgan fingerprint density at radius 3 is 3.12 bits per heavy atom. The Hall–Kier alpha value is -0.780. The molecule has 0 aromatic carbocycles. The number of rotatable bonds is 4. The smallest absolute Gasteiger partial charge is 0.0804 e. The van der Waals surface area contributed by atoms with Crippen molar-refractivity contribution in [2.24, 2.45) is 5.84 Å². The zero-order valence-electron chi connectivity index (χ0n) is 10.3. The van der Waals surface area contributed by atoms with Gasteiger partial charge >= 0.3 is 0 Å². The van der Waals surface area contributed by atoms with Crippen LogP contribution in [0.2, 0.25) is 0 Å². The van der Waals surface area contributed by atoms with Crippen LogP contribution < -0.4 is 11.3 Å². The summed E-state index contributed by atoms with van der Waals surface area (Å²) < 4.78 is 4.05. The Morgan fingerprint density at radius 1 is 1.47 bits per heavy atom. The average Bonchev–Trinajstić information content (AvgIpc) is 2.65. The number of hydrazine groups is 1. The van der Waals surface area contributed by atoms with Crippen LogP contribution in [-0.2, 0) is 6.42 Å². The van der Waals surface area contributed by atoms with Crippen LogP contribution in [0, 0.1) is 0 Å². The Kier molecular flexibility index (Phi) is 4.65. The van der Waals surface area contributed by atoms with Crippen molar-refractivity contribution in [3.63, 3.8) is 0 Å². The van der Waals surface area contributed by atoms with Crippen LogP contribution >= 0.6 is 11.5 Å². The highest BCUT2D eigenvalue weighted by Crippen LogP contribution is 2.31. The van der Waals surface area contributed by atoms with Crippen molar-refractivity contribution in [1.82, 2.24) is 15.0 Å². The van der Waals surface area contributed by atoms with E-state index < -0.39 is 0 Å². The summed E-state index contributed by atoms with van der Waals surface area (Å²) in [6.07, 6.45) is 9.43. The molecule has 0 radical (unpaired) electrons. The van der Waals surface area contributed by atoms with Gasteiger partial charge in [0.1, 0.15) is 0 Å². The molecule has 0 saturated heterocycles. The second-order valence-electron chi connectivity index (χ2n) is 4.42. The van der Waals surface area contributed by atoms with Gasteiger partial charge < -0.3 is 0 Å². The summed E-state index contributed by atoms with van der Waals surface area (Å²) in [5.74, 6) is 5.73. The van der Waals surface area contributed by atoms with Crippen molar-refractivity contribution in [2.75, 3.05) is 0 Å². The van der Waals surface area contributed by atoms with E-state index in [9.17, 15) is 0 Å². The molecule has 0 bridgehead atoms. The van der Waals surface area contributed by atoms with E-state index in [1.807, 2.05) is 0 Å². The lowest BCUT2D eigenvalue weighted by Gasteiger charge is -2.18. The van der Waals surface area contributed by atoms with E-state index in [1.165, 1.54) is 47.7 Å². The van der Waals surface area contributed by atoms with Crippen LogP contribution in [-0.4, -0.2) is 9.59 Å². The summed E-state index contributed by atoms with van der Waals surface area (Å²) in [5, 5.41) is 4.17. The predicted octanol–water partition coefficient (Wildman–Crippen LogP) is 2.50. The molecule has 3 N–H and O–H groups in total. The highest BCUT2D eigenvalue weighted by molar-refractivity contribution is 7.05. The predicted molar refractivity (Wildman–Crippen MR) is 70.5 cm³/mol. The van der Waals surface area contributed by atoms with Crippen LogP contribution in [0.25, 0.3) is 0 Å². The molecule has 0 amide bonds. The number of hydrogen-bond acceptors (Lipinski definition) is 5. The first kappa shape index (κ1) is 12.7. The Balaban J connectivity index is 2.23. The first-order valence-electron chi connectivity index (χ1n) is 6.33. The summed E-state index contributed by atoms with van der Waals surface area (Å²) in [5.41, 5.74) is 5.42. The number of hydrogen-bond donors (Lipinski definition) is 2. The lowest BCUT2D eigenvalue weighted by molar-refractivity contribution is 0.595. The Labute approximate surface area is 106 Å². The van der Waals surface area contributed by atoms with Gasteiger partial charge in [0.2, 0.25) is 0 Å². The first-order valence-corrected chi connectivity index (χ1v) is 7.10. The lowest BCUT2D eigenvalue weighted by Crippen LogP contribution is -2.29. The molecule has 0 spiro atoms. The molecule has 2 rings (SSSR count). The molecule has 0 fully saturated rings. The number of aryl methyl sites for hydroxylation is 1. The fourth-order valence-corrected chi connectivity index (χ4v) is 3.18. The minimum atomic E-state index is 0.114. The minimum absolute atomic E-state index is 0.114. The fourth-order valence-electron chi connectivity index (χ4n) is 2.33. The molecular weight excluding hydrogens is 232 g/mol. The van der Waals surface area contributed by atoms with Gasteiger partial charge in [-0.15, -0.1) is 5.10 Å². The molecule has 5 heteroatoms. The monoisotopic (exact) mass is 252 g/mol. The molecule has 1 atom stereocenters. The maximum atomic E-state index is 5.73. The van der Waals surface area contributed by atoms with E-state index in [2.05, 4.69) is 28.0 Å². The molecule has 1 heterocycles. The Morgan fingerprint density at radius 2 is 2.35 bits per heavy atom. The van der Waals surface area contributed by atoms with Crippen molar-refractivity contribution in [2.45, 2.75) is 51.5 Å². The van der Waals surface area contributed by atoms with E-state index >= 15 is 0 Å². The molecule has 0 aliphatic heterocycles. The third-order valence-corrected chi connectivity index (χ3v) is 4.13. The van der Waals surface area contributed by atoms with E-state index in [1.54, 1.807) is 0 Å². The number of nitrogens with one attached hydrogen (secondary N) is 1. The first-order chi connectivity index (χ1) is 8.36. The lowest BCUT2D eigenvalue weighted by atomic mass is 10.00. The summed E-state index contributed by atoms with van der Waals surface area (Å²) in [6.45, 7) is 2.11. The van der Waals surface area contributed by atoms with Gasteiger partial charge in [-0.1, -0.05) is 29.5 Å². The standard InChI is InChI=1S/C12H20N4S/c1-2-10-12(17-16-15-10)11(14-13)9-7-5-3-4-6-8-9/h7,11,14H,2-6,8,13H2,1H3. The number of nitrogens with two attached hydrogens (primary N) is 1. The third-order valence-electron chi connectivity index (χ3n) is 3.30. The fraction of sp³-hybridized carbons (Fsp3) is 0.667. The zero-order valence-corrected chi connectivity index (χ0v) is 11.1. The molecule has 1 unspecified atom stereocenters. The zero-order chi connectivity index (χ0) is 12.1. The van der Waals surface area contributed by atoms with Crippen molar-refractivity contribution in [1.29, 1.82) is 0 Å². The molecule has 0 saturated carbocycles. The largest absolute Gasteiger partial charge is 0.271 e. The highest BCUT2D eigenvalue weighted by atomic mass is 32.1. The minimum Gasteiger partial charge on any atom is -0.271 e. The number of allylic oxidation sites excluding steroid dienone is 1. The van der Waals surface area contributed by atoms with Gasteiger partial charge in [-0.3, -0.25) is 5.84 Å². The topological polar surface area (TPSA) is 63.8 Å². The van der Waals surface area contributed by atoms with E-state index in [0.717, 1.165) is 18.5 Å². The van der Waals surface area contributed by atoms with Gasteiger partial charge in [-0.05, 0) is 43.6 Å². The van der Waals surface area contributed by atoms with Gasteiger partial charge in [-0.25, -0.2) is 5.43 Å². The van der Waals surface area contributed by atoms with E-state index in [0.29, 0.717) is 0 Å². The molecule has 1 aromatic heterocycles. The normalized spacial score (nSPS) is 18.6.